The third kappa shape index (κ3) is 2.75. The zero-order valence-electron chi connectivity index (χ0n) is 7.67. The third-order valence-electron chi connectivity index (χ3n) is 1.71. The van der Waals surface area contributed by atoms with Gasteiger partial charge >= 0.3 is 0 Å². The van der Waals surface area contributed by atoms with Crippen molar-refractivity contribution >= 4 is 23.2 Å². The maximum atomic E-state index is 11.1. The van der Waals surface area contributed by atoms with Gasteiger partial charge in [-0.15, -0.1) is 0 Å². The number of hydrogen-bond donors (Lipinski definition) is 1. The first-order chi connectivity index (χ1) is 6.63. The summed E-state index contributed by atoms with van der Waals surface area (Å²) in [5.41, 5.74) is 1.57. The van der Waals surface area contributed by atoms with E-state index in [1.54, 1.807) is 18.2 Å². The lowest BCUT2D eigenvalue weighted by Crippen LogP contribution is -2.10. The van der Waals surface area contributed by atoms with Crippen molar-refractivity contribution in [3.05, 3.63) is 28.8 Å². The number of nitrogens with one attached hydrogen (secondary N) is 1. The van der Waals surface area contributed by atoms with Gasteiger partial charge < -0.3 is 5.32 Å². The molecule has 0 aromatic heterocycles. The van der Waals surface area contributed by atoms with E-state index in [0.717, 1.165) is 5.56 Å². The Labute approximate surface area is 87.3 Å². The van der Waals surface area contributed by atoms with Gasteiger partial charge in [-0.2, -0.15) is 5.26 Å². The van der Waals surface area contributed by atoms with Crippen LogP contribution in [-0.4, -0.2) is 5.91 Å². The highest BCUT2D eigenvalue weighted by molar-refractivity contribution is 6.31. The molecule has 0 saturated carbocycles. The molecule has 0 radical (unpaired) electrons. The summed E-state index contributed by atoms with van der Waals surface area (Å²) in [7, 11) is 0. The van der Waals surface area contributed by atoms with Gasteiger partial charge in [0.05, 0.1) is 6.07 Å². The van der Waals surface area contributed by atoms with Crippen molar-refractivity contribution in [3.63, 3.8) is 0 Å². The zero-order valence-corrected chi connectivity index (χ0v) is 8.43. The van der Waals surface area contributed by atoms with Crippen LogP contribution in [0.5, 0.6) is 0 Å². The Morgan fingerprint density at radius 1 is 1.64 bits per heavy atom. The molecule has 0 aliphatic carbocycles. The van der Waals surface area contributed by atoms with Crippen LogP contribution >= 0.6 is 11.6 Å². The number of nitrogens with zero attached hydrogens (tertiary/aromatic N) is 1. The van der Waals surface area contributed by atoms with Gasteiger partial charge in [-0.1, -0.05) is 17.7 Å². The quantitative estimate of drug-likeness (QED) is 0.812. The minimum absolute atomic E-state index is 0.147. The number of aryl methyl sites for hydroxylation is 1. The topological polar surface area (TPSA) is 52.9 Å². The van der Waals surface area contributed by atoms with Gasteiger partial charge in [0.2, 0.25) is 5.91 Å². The number of anilines is 1. The Morgan fingerprint density at radius 2 is 2.36 bits per heavy atom. The van der Waals surface area contributed by atoms with Crippen LogP contribution in [0.15, 0.2) is 18.2 Å². The molecule has 1 aromatic carbocycles. The van der Waals surface area contributed by atoms with Gasteiger partial charge in [0.15, 0.2) is 0 Å². The van der Waals surface area contributed by atoms with Gasteiger partial charge in [0.25, 0.3) is 0 Å². The standard InChI is InChI=1S/C10H9ClN2O/c1-7-2-3-8(11)6-9(7)13-10(14)4-5-12/h2-3,6H,4H2,1H3,(H,13,14). The monoisotopic (exact) mass is 208 g/mol. The zero-order chi connectivity index (χ0) is 10.6. The van der Waals surface area contributed by atoms with Crippen molar-refractivity contribution in [1.29, 1.82) is 5.26 Å². The number of benzene rings is 1. The molecule has 0 atom stereocenters. The molecule has 0 saturated heterocycles. The number of nitriles is 1. The van der Waals surface area contributed by atoms with E-state index in [2.05, 4.69) is 5.32 Å². The number of rotatable bonds is 2. The molecule has 0 heterocycles. The van der Waals surface area contributed by atoms with Crippen molar-refractivity contribution in [2.45, 2.75) is 13.3 Å². The molecule has 3 nitrogen and oxygen atoms in total. The van der Waals surface area contributed by atoms with E-state index in [4.69, 9.17) is 16.9 Å². The lowest BCUT2D eigenvalue weighted by atomic mass is 10.2. The number of hydrogen-bond acceptors (Lipinski definition) is 2. The van der Waals surface area contributed by atoms with Crippen LogP contribution in [0.4, 0.5) is 5.69 Å². The van der Waals surface area contributed by atoms with Crippen molar-refractivity contribution in [2.75, 3.05) is 5.32 Å². The molecule has 1 rings (SSSR count). The highest BCUT2D eigenvalue weighted by atomic mass is 35.5. The summed E-state index contributed by atoms with van der Waals surface area (Å²) in [6.45, 7) is 1.86. The van der Waals surface area contributed by atoms with Crippen LogP contribution in [0.2, 0.25) is 5.02 Å². The second-order valence-electron chi connectivity index (χ2n) is 2.84. The second-order valence-corrected chi connectivity index (χ2v) is 3.28. The molecule has 0 fully saturated rings. The Balaban J connectivity index is 2.81. The van der Waals surface area contributed by atoms with E-state index in [0.29, 0.717) is 10.7 Å². The number of amides is 1. The van der Waals surface area contributed by atoms with Gasteiger partial charge in [-0.25, -0.2) is 0 Å². The number of carbonyl (C=O) groups is 1. The lowest BCUT2D eigenvalue weighted by Gasteiger charge is -2.06. The summed E-state index contributed by atoms with van der Waals surface area (Å²) in [6.07, 6.45) is -0.147. The molecule has 0 spiro atoms. The third-order valence-corrected chi connectivity index (χ3v) is 1.95. The molecular weight excluding hydrogens is 200 g/mol. The molecule has 0 aliphatic heterocycles. The van der Waals surface area contributed by atoms with E-state index in [1.807, 2.05) is 13.0 Å². The van der Waals surface area contributed by atoms with Gasteiger partial charge in [0, 0.05) is 10.7 Å². The fourth-order valence-corrected chi connectivity index (χ4v) is 1.17. The van der Waals surface area contributed by atoms with Crippen LogP contribution in [0, 0.1) is 18.3 Å². The largest absolute Gasteiger partial charge is 0.325 e. The van der Waals surface area contributed by atoms with Crippen LogP contribution in [0.25, 0.3) is 0 Å². The molecule has 4 heteroatoms. The van der Waals surface area contributed by atoms with Crippen molar-refractivity contribution in [1.82, 2.24) is 0 Å². The van der Waals surface area contributed by atoms with Crippen LogP contribution in [0.1, 0.15) is 12.0 Å². The molecule has 72 valence electrons. The average molecular weight is 209 g/mol. The highest BCUT2D eigenvalue weighted by Gasteiger charge is 2.04. The van der Waals surface area contributed by atoms with Gasteiger partial charge in [0.1, 0.15) is 6.42 Å². The molecule has 14 heavy (non-hydrogen) atoms. The summed E-state index contributed by atoms with van der Waals surface area (Å²) in [4.78, 5) is 11.1. The minimum Gasteiger partial charge on any atom is -0.325 e. The van der Waals surface area contributed by atoms with Crippen LogP contribution in [-0.2, 0) is 4.79 Å². The predicted molar refractivity (Wildman–Crippen MR) is 55.0 cm³/mol. The van der Waals surface area contributed by atoms with Crippen LogP contribution < -0.4 is 5.32 Å². The highest BCUT2D eigenvalue weighted by Crippen LogP contribution is 2.20. The fraction of sp³-hybridized carbons (Fsp3) is 0.200. The van der Waals surface area contributed by atoms with E-state index >= 15 is 0 Å². The van der Waals surface area contributed by atoms with Crippen molar-refractivity contribution in [3.8, 4) is 6.07 Å². The SMILES string of the molecule is Cc1ccc(Cl)cc1NC(=O)CC#N. The van der Waals surface area contributed by atoms with Crippen molar-refractivity contribution < 1.29 is 4.79 Å². The normalized spacial score (nSPS) is 9.21. The maximum Gasteiger partial charge on any atom is 0.238 e. The molecule has 0 bridgehead atoms. The molecular formula is C10H9ClN2O. The molecule has 1 N–H and O–H groups in total. The molecule has 0 aliphatic rings. The van der Waals surface area contributed by atoms with Crippen LogP contribution in [0.3, 0.4) is 0 Å². The van der Waals surface area contributed by atoms with E-state index in [9.17, 15) is 4.79 Å². The summed E-state index contributed by atoms with van der Waals surface area (Å²) < 4.78 is 0. The van der Waals surface area contributed by atoms with Crippen molar-refractivity contribution in [2.24, 2.45) is 0 Å². The maximum absolute atomic E-state index is 11.1. The Morgan fingerprint density at radius 3 is 3.00 bits per heavy atom. The van der Waals surface area contributed by atoms with E-state index in [-0.39, 0.29) is 12.3 Å². The Kier molecular flexibility index (Phi) is 3.49. The molecule has 1 amide bonds. The van der Waals surface area contributed by atoms with Gasteiger partial charge in [-0.3, -0.25) is 4.79 Å². The fourth-order valence-electron chi connectivity index (χ4n) is 0.995. The summed E-state index contributed by atoms with van der Waals surface area (Å²) >= 11 is 5.76. The van der Waals surface area contributed by atoms with E-state index < -0.39 is 0 Å². The summed E-state index contributed by atoms with van der Waals surface area (Å²) in [6, 6.07) is 6.99. The van der Waals surface area contributed by atoms with Gasteiger partial charge in [-0.05, 0) is 24.6 Å². The molecule has 0 unspecified atom stereocenters. The number of carbonyl (C=O) groups excluding carboxylic acids is 1. The Bertz CT molecular complexity index is 396. The lowest BCUT2D eigenvalue weighted by molar-refractivity contribution is -0.115. The predicted octanol–water partition coefficient (Wildman–Crippen LogP) is 2.50. The second kappa shape index (κ2) is 4.64. The first-order valence-electron chi connectivity index (χ1n) is 4.06. The average Bonchev–Trinajstić information content (AvgIpc) is 2.12. The summed E-state index contributed by atoms with van der Waals surface area (Å²) in [5.74, 6) is -0.321. The first-order valence-corrected chi connectivity index (χ1v) is 4.44. The Hall–Kier alpha value is -1.53. The molecule has 1 aromatic rings. The minimum atomic E-state index is -0.321. The smallest absolute Gasteiger partial charge is 0.238 e. The first kappa shape index (κ1) is 10.6. The summed E-state index contributed by atoms with van der Waals surface area (Å²) in [5, 5.41) is 11.5. The van der Waals surface area contributed by atoms with E-state index in [1.165, 1.54) is 0 Å². The number of halogens is 1.